The van der Waals surface area contributed by atoms with Gasteiger partial charge < -0.3 is 10.6 Å². The number of allylic oxidation sites excluding steroid dienone is 2. The number of hydrogen-bond acceptors (Lipinski definition) is 3. The lowest BCUT2D eigenvalue weighted by Gasteiger charge is -2.32. The quantitative estimate of drug-likeness (QED) is 0.820. The first kappa shape index (κ1) is 13.6. The third kappa shape index (κ3) is 3.33. The van der Waals surface area contributed by atoms with Crippen LogP contribution < -0.4 is 5.73 Å². The lowest BCUT2D eigenvalue weighted by Crippen LogP contribution is -2.47. The van der Waals surface area contributed by atoms with Crippen LogP contribution in [0.1, 0.15) is 39.0 Å². The second-order valence-electron chi connectivity index (χ2n) is 5.36. The van der Waals surface area contributed by atoms with Crippen LogP contribution in [0.25, 0.3) is 0 Å². The highest BCUT2D eigenvalue weighted by Gasteiger charge is 2.23. The van der Waals surface area contributed by atoms with Gasteiger partial charge in [-0.05, 0) is 45.6 Å². The monoisotopic (exact) mass is 251 g/mol. The predicted octanol–water partition coefficient (Wildman–Crippen LogP) is 1.33. The van der Waals surface area contributed by atoms with Crippen LogP contribution >= 0.6 is 0 Å². The minimum absolute atomic E-state index is 0.236. The van der Waals surface area contributed by atoms with Crippen molar-refractivity contribution in [3.05, 3.63) is 11.8 Å². The van der Waals surface area contributed by atoms with E-state index in [1.54, 1.807) is 0 Å². The minimum Gasteiger partial charge on any atom is -0.327 e. The maximum absolute atomic E-state index is 12.3. The van der Waals surface area contributed by atoms with E-state index < -0.39 is 0 Å². The van der Waals surface area contributed by atoms with Gasteiger partial charge in [0, 0.05) is 24.8 Å². The molecule has 0 radical (unpaired) electrons. The second kappa shape index (κ2) is 6.34. The Morgan fingerprint density at radius 2 is 2.39 bits per heavy atom. The average Bonchev–Trinajstić information content (AvgIpc) is 2.83. The van der Waals surface area contributed by atoms with Crippen molar-refractivity contribution in [2.45, 2.75) is 45.1 Å². The van der Waals surface area contributed by atoms with E-state index in [9.17, 15) is 4.79 Å². The molecule has 0 aromatic rings. The number of rotatable bonds is 4. The Hall–Kier alpha value is -0.870. The van der Waals surface area contributed by atoms with E-state index in [1.165, 1.54) is 12.1 Å². The van der Waals surface area contributed by atoms with Crippen LogP contribution in [-0.2, 0) is 4.79 Å². The summed E-state index contributed by atoms with van der Waals surface area (Å²) in [5.41, 5.74) is 7.18. The molecule has 1 amide bonds. The Morgan fingerprint density at radius 1 is 1.56 bits per heavy atom. The summed E-state index contributed by atoms with van der Waals surface area (Å²) in [6.07, 6.45) is 7.78. The first-order chi connectivity index (χ1) is 8.70. The third-order valence-electron chi connectivity index (χ3n) is 3.88. The molecular weight excluding hydrogens is 226 g/mol. The molecule has 1 atom stereocenters. The Morgan fingerprint density at radius 3 is 3.00 bits per heavy atom. The molecule has 102 valence electrons. The molecule has 18 heavy (non-hydrogen) atoms. The van der Waals surface area contributed by atoms with Crippen LogP contribution in [0.2, 0.25) is 0 Å². The molecule has 0 bridgehead atoms. The van der Waals surface area contributed by atoms with Crippen molar-refractivity contribution in [2.24, 2.45) is 5.73 Å². The van der Waals surface area contributed by atoms with E-state index >= 15 is 0 Å². The first-order valence-corrected chi connectivity index (χ1v) is 7.18. The third-order valence-corrected chi connectivity index (χ3v) is 3.88. The molecule has 0 aromatic carbocycles. The van der Waals surface area contributed by atoms with Gasteiger partial charge in [0.15, 0.2) is 0 Å². The Bertz CT molecular complexity index is 327. The number of carbonyl (C=O) groups is 1. The van der Waals surface area contributed by atoms with Gasteiger partial charge in [0.1, 0.15) is 0 Å². The number of hydrogen-bond donors (Lipinski definition) is 1. The molecule has 1 aliphatic carbocycles. The average molecular weight is 251 g/mol. The number of carbonyl (C=O) groups excluding carboxylic acids is 1. The smallest absolute Gasteiger partial charge is 0.240 e. The number of amides is 1. The molecule has 0 saturated carbocycles. The number of nitrogens with two attached hydrogens (primary N) is 1. The summed E-state index contributed by atoms with van der Waals surface area (Å²) in [5, 5.41) is 0. The van der Waals surface area contributed by atoms with Crippen LogP contribution in [0, 0.1) is 0 Å². The molecule has 0 unspecified atom stereocenters. The van der Waals surface area contributed by atoms with Crippen LogP contribution in [0.3, 0.4) is 0 Å². The highest BCUT2D eigenvalue weighted by atomic mass is 16.2. The van der Waals surface area contributed by atoms with Gasteiger partial charge in [0.2, 0.25) is 5.91 Å². The van der Waals surface area contributed by atoms with Crippen molar-refractivity contribution in [1.82, 2.24) is 9.80 Å². The van der Waals surface area contributed by atoms with Gasteiger partial charge in [0.25, 0.3) is 0 Å². The molecule has 2 aliphatic rings. The van der Waals surface area contributed by atoms with Gasteiger partial charge >= 0.3 is 0 Å². The first-order valence-electron chi connectivity index (χ1n) is 7.18. The number of nitrogens with zero attached hydrogens (tertiary/aromatic N) is 2. The molecule has 4 heteroatoms. The zero-order chi connectivity index (χ0) is 13.0. The Labute approximate surface area is 110 Å². The highest BCUT2D eigenvalue weighted by molar-refractivity contribution is 5.80. The Balaban J connectivity index is 1.89. The topological polar surface area (TPSA) is 49.6 Å². The van der Waals surface area contributed by atoms with Gasteiger partial charge in [-0.15, -0.1) is 0 Å². The van der Waals surface area contributed by atoms with Crippen LogP contribution in [0.15, 0.2) is 11.8 Å². The molecule has 0 aromatic heterocycles. The number of piperidine rings is 1. The van der Waals surface area contributed by atoms with Crippen molar-refractivity contribution in [2.75, 3.05) is 26.2 Å². The van der Waals surface area contributed by atoms with Crippen molar-refractivity contribution >= 4 is 5.91 Å². The lowest BCUT2D eigenvalue weighted by atomic mass is 10.1. The fourth-order valence-corrected chi connectivity index (χ4v) is 2.95. The van der Waals surface area contributed by atoms with E-state index in [0.717, 1.165) is 45.3 Å². The van der Waals surface area contributed by atoms with Gasteiger partial charge in [-0.3, -0.25) is 9.69 Å². The summed E-state index contributed by atoms with van der Waals surface area (Å²) in [6.45, 7) is 5.24. The molecule has 0 spiro atoms. The maximum atomic E-state index is 12.3. The Kier molecular flexibility index (Phi) is 4.78. The number of likely N-dealkylation sites (N-methyl/N-ethyl adjacent to an activating group) is 1. The molecule has 2 rings (SSSR count). The summed E-state index contributed by atoms with van der Waals surface area (Å²) in [6, 6.07) is 0.243. The number of likely N-dealkylation sites (tertiary alicyclic amines) is 1. The van der Waals surface area contributed by atoms with Gasteiger partial charge in [-0.2, -0.15) is 0 Å². The normalized spacial score (nSPS) is 25.0. The zero-order valence-electron chi connectivity index (χ0n) is 11.4. The van der Waals surface area contributed by atoms with Crippen molar-refractivity contribution in [3.8, 4) is 0 Å². The summed E-state index contributed by atoms with van der Waals surface area (Å²) < 4.78 is 0. The van der Waals surface area contributed by atoms with E-state index in [2.05, 4.69) is 17.9 Å². The fourth-order valence-electron chi connectivity index (χ4n) is 2.95. The predicted molar refractivity (Wildman–Crippen MR) is 73.0 cm³/mol. The second-order valence-corrected chi connectivity index (χ2v) is 5.36. The molecule has 1 heterocycles. The summed E-state index contributed by atoms with van der Waals surface area (Å²) in [5.74, 6) is 0.236. The van der Waals surface area contributed by atoms with Crippen molar-refractivity contribution in [3.63, 3.8) is 0 Å². The van der Waals surface area contributed by atoms with Gasteiger partial charge in [-0.1, -0.05) is 6.08 Å². The molecule has 4 nitrogen and oxygen atoms in total. The molecule has 2 N–H and O–H groups in total. The SMILES string of the molecule is CCN(C(=O)CN1CCC[C@@H](N)C1)C1=CCCC1. The van der Waals surface area contributed by atoms with Crippen LogP contribution in [0.5, 0.6) is 0 Å². The highest BCUT2D eigenvalue weighted by Crippen LogP contribution is 2.21. The molecule has 1 fully saturated rings. The molecule has 1 saturated heterocycles. The van der Waals surface area contributed by atoms with E-state index in [4.69, 9.17) is 5.73 Å². The van der Waals surface area contributed by atoms with Crippen LogP contribution in [0.4, 0.5) is 0 Å². The van der Waals surface area contributed by atoms with E-state index in [1.807, 2.05) is 4.90 Å². The van der Waals surface area contributed by atoms with Gasteiger partial charge in [-0.25, -0.2) is 0 Å². The summed E-state index contributed by atoms with van der Waals surface area (Å²) in [4.78, 5) is 16.5. The largest absolute Gasteiger partial charge is 0.327 e. The summed E-state index contributed by atoms with van der Waals surface area (Å²) >= 11 is 0. The lowest BCUT2D eigenvalue weighted by molar-refractivity contribution is -0.130. The van der Waals surface area contributed by atoms with E-state index in [0.29, 0.717) is 6.54 Å². The molecular formula is C14H25N3O. The van der Waals surface area contributed by atoms with Gasteiger partial charge in [0.05, 0.1) is 6.54 Å². The zero-order valence-corrected chi connectivity index (χ0v) is 11.4. The summed E-state index contributed by atoms with van der Waals surface area (Å²) in [7, 11) is 0. The standard InChI is InChI=1S/C14H25N3O/c1-2-17(13-7-3-4-8-13)14(18)11-16-9-5-6-12(15)10-16/h7,12H,2-6,8-11,15H2,1H3/t12-/m1/s1. The maximum Gasteiger partial charge on any atom is 0.240 e. The van der Waals surface area contributed by atoms with Crippen molar-refractivity contribution in [1.29, 1.82) is 0 Å². The van der Waals surface area contributed by atoms with Crippen molar-refractivity contribution < 1.29 is 4.79 Å². The van der Waals surface area contributed by atoms with Crippen LogP contribution in [-0.4, -0.2) is 47.9 Å². The minimum atomic E-state index is 0.236. The molecule has 1 aliphatic heterocycles. The van der Waals surface area contributed by atoms with E-state index in [-0.39, 0.29) is 11.9 Å². The fraction of sp³-hybridized carbons (Fsp3) is 0.786.